The molecule has 0 heterocycles. The van der Waals surface area contributed by atoms with Gasteiger partial charge in [0.25, 0.3) is 0 Å². The minimum absolute atomic E-state index is 0.504. The first-order valence-electron chi connectivity index (χ1n) is 3.75. The van der Waals surface area contributed by atoms with Crippen molar-refractivity contribution in [2.24, 2.45) is 0 Å². The highest BCUT2D eigenvalue weighted by Crippen LogP contribution is 2.15. The second-order valence-electron chi connectivity index (χ2n) is 2.83. The molecule has 0 amide bonds. The van der Waals surface area contributed by atoms with E-state index in [1.807, 2.05) is 19.9 Å². The third kappa shape index (κ3) is 1.45. The first kappa shape index (κ1) is 8.73. The Balaban J connectivity index is 3.31. The van der Waals surface area contributed by atoms with Crippen LogP contribution in [0, 0.1) is 25.2 Å². The summed E-state index contributed by atoms with van der Waals surface area (Å²) in [4.78, 5) is 0. The molecule has 0 radical (unpaired) electrons. The summed E-state index contributed by atoms with van der Waals surface area (Å²) < 4.78 is 12.2. The highest BCUT2D eigenvalue weighted by molar-refractivity contribution is 5.44. The van der Waals surface area contributed by atoms with Crippen molar-refractivity contribution >= 4 is 0 Å². The van der Waals surface area contributed by atoms with Crippen LogP contribution >= 0.6 is 0 Å². The molecule has 0 saturated heterocycles. The van der Waals surface area contributed by atoms with Gasteiger partial charge in [-0.15, -0.1) is 0 Å². The van der Waals surface area contributed by atoms with Gasteiger partial charge in [-0.2, -0.15) is 5.26 Å². The highest BCUT2D eigenvalue weighted by atomic mass is 19.1. The number of halogens is 1. The molecular formula is C10H10FN. The standard InChI is InChI=1S/C10H10FN/c1-7-3-9(5-11)4-10(6-12)8(7)2/h3-4H,5H2,1-2H3. The molecule has 1 aromatic rings. The number of nitrogens with zero attached hydrogens (tertiary/aromatic N) is 1. The quantitative estimate of drug-likeness (QED) is 0.624. The van der Waals surface area contributed by atoms with Gasteiger partial charge in [-0.3, -0.25) is 0 Å². The second-order valence-corrected chi connectivity index (χ2v) is 2.83. The molecule has 0 unspecified atom stereocenters. The maximum atomic E-state index is 12.2. The van der Waals surface area contributed by atoms with Crippen LogP contribution in [0.5, 0.6) is 0 Å². The molecule has 1 rings (SSSR count). The number of nitriles is 1. The molecular weight excluding hydrogens is 153 g/mol. The summed E-state index contributed by atoms with van der Waals surface area (Å²) >= 11 is 0. The molecule has 0 aromatic heterocycles. The monoisotopic (exact) mass is 163 g/mol. The lowest BCUT2D eigenvalue weighted by Gasteiger charge is -2.03. The van der Waals surface area contributed by atoms with Gasteiger partial charge in [0, 0.05) is 0 Å². The molecule has 12 heavy (non-hydrogen) atoms. The van der Waals surface area contributed by atoms with Crippen molar-refractivity contribution in [2.75, 3.05) is 0 Å². The van der Waals surface area contributed by atoms with Gasteiger partial charge in [0.05, 0.1) is 11.6 Å². The molecule has 1 aromatic carbocycles. The average Bonchev–Trinajstić information content (AvgIpc) is 2.09. The van der Waals surface area contributed by atoms with Crippen molar-refractivity contribution in [3.8, 4) is 6.07 Å². The number of benzene rings is 1. The molecule has 0 aliphatic heterocycles. The number of hydrogen-bond donors (Lipinski definition) is 0. The smallest absolute Gasteiger partial charge is 0.115 e. The van der Waals surface area contributed by atoms with Gasteiger partial charge in [-0.1, -0.05) is 6.07 Å². The molecule has 0 fully saturated rings. The highest BCUT2D eigenvalue weighted by Gasteiger charge is 2.02. The van der Waals surface area contributed by atoms with E-state index >= 15 is 0 Å². The molecule has 2 heteroatoms. The maximum Gasteiger partial charge on any atom is 0.115 e. The normalized spacial score (nSPS) is 9.50. The molecule has 0 spiro atoms. The number of rotatable bonds is 1. The average molecular weight is 163 g/mol. The number of alkyl halides is 1. The van der Waals surface area contributed by atoms with Crippen molar-refractivity contribution in [1.82, 2.24) is 0 Å². The fourth-order valence-corrected chi connectivity index (χ4v) is 1.13. The molecule has 1 nitrogen and oxygen atoms in total. The van der Waals surface area contributed by atoms with E-state index in [1.54, 1.807) is 12.1 Å². The van der Waals surface area contributed by atoms with Crippen LogP contribution in [0.4, 0.5) is 4.39 Å². The van der Waals surface area contributed by atoms with Crippen LogP contribution in [0.15, 0.2) is 12.1 Å². The Bertz CT molecular complexity index is 336. The summed E-state index contributed by atoms with van der Waals surface area (Å²) in [7, 11) is 0. The van der Waals surface area contributed by atoms with Crippen LogP contribution in [0.3, 0.4) is 0 Å². The first-order valence-corrected chi connectivity index (χ1v) is 3.75. The molecule has 0 atom stereocenters. The van der Waals surface area contributed by atoms with Gasteiger partial charge < -0.3 is 0 Å². The zero-order valence-corrected chi connectivity index (χ0v) is 7.19. The van der Waals surface area contributed by atoms with Gasteiger partial charge in [0.15, 0.2) is 0 Å². The van der Waals surface area contributed by atoms with Crippen LogP contribution in [0.1, 0.15) is 22.3 Å². The van der Waals surface area contributed by atoms with Crippen molar-refractivity contribution in [3.05, 3.63) is 34.4 Å². The predicted octanol–water partition coefficient (Wildman–Crippen LogP) is 2.64. The Morgan fingerprint density at radius 2 is 2.08 bits per heavy atom. The summed E-state index contributed by atoms with van der Waals surface area (Å²) in [6, 6.07) is 5.42. The van der Waals surface area contributed by atoms with E-state index in [9.17, 15) is 4.39 Å². The molecule has 62 valence electrons. The third-order valence-electron chi connectivity index (χ3n) is 2.00. The largest absolute Gasteiger partial charge is 0.246 e. The molecule has 0 N–H and O–H groups in total. The third-order valence-corrected chi connectivity index (χ3v) is 2.00. The fourth-order valence-electron chi connectivity index (χ4n) is 1.13. The first-order chi connectivity index (χ1) is 5.69. The van der Waals surface area contributed by atoms with Gasteiger partial charge in [0.1, 0.15) is 6.67 Å². The van der Waals surface area contributed by atoms with Crippen LogP contribution < -0.4 is 0 Å². The van der Waals surface area contributed by atoms with Gasteiger partial charge in [-0.25, -0.2) is 4.39 Å². The summed E-state index contributed by atoms with van der Waals surface area (Å²) in [6.45, 7) is 3.25. The topological polar surface area (TPSA) is 23.8 Å². The number of aryl methyl sites for hydroxylation is 1. The van der Waals surface area contributed by atoms with Crippen LogP contribution in [0.25, 0.3) is 0 Å². The Morgan fingerprint density at radius 1 is 1.42 bits per heavy atom. The lowest BCUT2D eigenvalue weighted by molar-refractivity contribution is 0.485. The van der Waals surface area contributed by atoms with Crippen molar-refractivity contribution in [1.29, 1.82) is 5.26 Å². The van der Waals surface area contributed by atoms with E-state index in [0.29, 0.717) is 11.1 Å². The van der Waals surface area contributed by atoms with Crippen molar-refractivity contribution < 1.29 is 4.39 Å². The van der Waals surface area contributed by atoms with E-state index in [4.69, 9.17) is 5.26 Å². The second kappa shape index (κ2) is 3.36. The summed E-state index contributed by atoms with van der Waals surface area (Å²) in [5.41, 5.74) is 3.06. The van der Waals surface area contributed by atoms with Crippen molar-refractivity contribution in [3.63, 3.8) is 0 Å². The lowest BCUT2D eigenvalue weighted by atomic mass is 10.0. The Labute approximate surface area is 71.4 Å². The Kier molecular flexibility index (Phi) is 2.44. The fraction of sp³-hybridized carbons (Fsp3) is 0.300. The van der Waals surface area contributed by atoms with Crippen LogP contribution in [-0.2, 0) is 6.67 Å². The zero-order chi connectivity index (χ0) is 9.14. The number of hydrogen-bond acceptors (Lipinski definition) is 1. The van der Waals surface area contributed by atoms with Gasteiger partial charge >= 0.3 is 0 Å². The molecule has 0 aliphatic rings. The van der Waals surface area contributed by atoms with E-state index in [-0.39, 0.29) is 0 Å². The van der Waals surface area contributed by atoms with Crippen molar-refractivity contribution in [2.45, 2.75) is 20.5 Å². The van der Waals surface area contributed by atoms with E-state index < -0.39 is 6.67 Å². The summed E-state index contributed by atoms with van der Waals surface area (Å²) in [5, 5.41) is 8.69. The van der Waals surface area contributed by atoms with Crippen LogP contribution in [-0.4, -0.2) is 0 Å². The van der Waals surface area contributed by atoms with E-state index in [0.717, 1.165) is 11.1 Å². The van der Waals surface area contributed by atoms with E-state index in [1.165, 1.54) is 0 Å². The Hall–Kier alpha value is -1.36. The maximum absolute atomic E-state index is 12.2. The van der Waals surface area contributed by atoms with Crippen LogP contribution in [0.2, 0.25) is 0 Å². The SMILES string of the molecule is Cc1cc(CF)cc(C#N)c1C. The molecule has 0 saturated carbocycles. The minimum Gasteiger partial charge on any atom is -0.246 e. The molecule has 0 bridgehead atoms. The lowest BCUT2D eigenvalue weighted by Crippen LogP contribution is -1.90. The van der Waals surface area contributed by atoms with Gasteiger partial charge in [0.2, 0.25) is 0 Å². The predicted molar refractivity (Wildman–Crippen MR) is 45.4 cm³/mol. The summed E-state index contributed by atoms with van der Waals surface area (Å²) in [5.74, 6) is 0. The zero-order valence-electron chi connectivity index (χ0n) is 7.19. The van der Waals surface area contributed by atoms with Gasteiger partial charge in [-0.05, 0) is 36.6 Å². The Morgan fingerprint density at radius 3 is 2.58 bits per heavy atom. The molecule has 0 aliphatic carbocycles. The minimum atomic E-state index is -0.504. The van der Waals surface area contributed by atoms with E-state index in [2.05, 4.69) is 0 Å². The summed E-state index contributed by atoms with van der Waals surface area (Å²) in [6.07, 6.45) is 0.